The van der Waals surface area contributed by atoms with E-state index in [9.17, 15) is 0 Å². The van der Waals surface area contributed by atoms with E-state index < -0.39 is 0 Å². The van der Waals surface area contributed by atoms with Crippen LogP contribution in [0.2, 0.25) is 0 Å². The number of rotatable bonds is 7. The number of hydrogen-bond donors (Lipinski definition) is 1. The number of nitrogens with one attached hydrogen (secondary N) is 1. The molecule has 3 aromatic rings. The van der Waals surface area contributed by atoms with Gasteiger partial charge in [0.1, 0.15) is 11.5 Å². The molecule has 3 saturated heterocycles. The smallest absolute Gasteiger partial charge is 0.152 e. The van der Waals surface area contributed by atoms with Crippen molar-refractivity contribution in [3.8, 4) is 11.5 Å². The molecule has 3 aliphatic heterocycles. The summed E-state index contributed by atoms with van der Waals surface area (Å²) in [5, 5.41) is 3.70. The first-order chi connectivity index (χ1) is 15.6. The van der Waals surface area contributed by atoms with Crippen LogP contribution in [0.25, 0.3) is 11.5 Å². The first-order valence-corrected chi connectivity index (χ1v) is 11.7. The molecule has 168 valence electrons. The molecule has 0 amide bonds. The molecular weight excluding hydrogens is 398 g/mol. The van der Waals surface area contributed by atoms with E-state index in [1.54, 1.807) is 6.26 Å². The van der Waals surface area contributed by atoms with Gasteiger partial charge in [-0.15, -0.1) is 0 Å². The van der Waals surface area contributed by atoms with Gasteiger partial charge in [0, 0.05) is 57.1 Å². The van der Waals surface area contributed by atoms with Crippen LogP contribution in [-0.4, -0.2) is 54.6 Å². The quantitative estimate of drug-likeness (QED) is 0.608. The third-order valence-electron chi connectivity index (χ3n) is 7.05. The van der Waals surface area contributed by atoms with Gasteiger partial charge in [0.05, 0.1) is 6.26 Å². The molecule has 2 bridgehead atoms. The molecule has 2 aromatic heterocycles. The minimum atomic E-state index is 0.481. The van der Waals surface area contributed by atoms with E-state index in [-0.39, 0.29) is 0 Å². The van der Waals surface area contributed by atoms with Crippen LogP contribution in [0.15, 0.2) is 53.1 Å². The zero-order chi connectivity index (χ0) is 22.1. The number of piperidine rings is 3. The highest BCUT2D eigenvalue weighted by atomic mass is 16.3. The summed E-state index contributed by atoms with van der Waals surface area (Å²) in [5.74, 6) is 2.81. The van der Waals surface area contributed by atoms with E-state index in [4.69, 9.17) is 9.40 Å². The Kier molecular flexibility index (Phi) is 5.98. The number of aryl methyl sites for hydroxylation is 1. The Morgan fingerprint density at radius 2 is 2.00 bits per heavy atom. The summed E-state index contributed by atoms with van der Waals surface area (Å²) >= 11 is 0. The molecule has 6 rings (SSSR count). The molecule has 4 atom stereocenters. The predicted octanol–water partition coefficient (Wildman–Crippen LogP) is 4.08. The summed E-state index contributed by atoms with van der Waals surface area (Å²) in [6.07, 6.45) is 4.19. The van der Waals surface area contributed by atoms with Crippen LogP contribution in [-0.2, 0) is 6.54 Å². The normalized spacial score (nSPS) is 24.6. The van der Waals surface area contributed by atoms with Gasteiger partial charge in [-0.3, -0.25) is 4.90 Å². The molecular formula is C26H33N5O. The van der Waals surface area contributed by atoms with Crippen molar-refractivity contribution in [2.24, 2.45) is 5.92 Å². The molecule has 0 aliphatic carbocycles. The second-order valence-corrected chi connectivity index (χ2v) is 9.43. The van der Waals surface area contributed by atoms with Gasteiger partial charge in [-0.05, 0) is 68.1 Å². The number of furan rings is 1. The topological polar surface area (TPSA) is 57.4 Å². The zero-order valence-electron chi connectivity index (χ0n) is 19.3. The number of benzene rings is 1. The van der Waals surface area contributed by atoms with Crippen molar-refractivity contribution < 1.29 is 4.42 Å². The van der Waals surface area contributed by atoms with Crippen LogP contribution < -0.4 is 10.2 Å². The summed E-state index contributed by atoms with van der Waals surface area (Å²) in [7, 11) is 4.15. The molecule has 3 aliphatic rings. The number of nitrogens with zero attached hydrogens (tertiary/aromatic N) is 4. The summed E-state index contributed by atoms with van der Waals surface area (Å²) in [6, 6.07) is 15.5. The van der Waals surface area contributed by atoms with Gasteiger partial charge >= 0.3 is 0 Å². The minimum Gasteiger partial charge on any atom is -0.463 e. The Morgan fingerprint density at radius 1 is 1.16 bits per heavy atom. The Hall–Kier alpha value is -2.70. The van der Waals surface area contributed by atoms with Crippen LogP contribution in [0.5, 0.6) is 0 Å². The lowest BCUT2D eigenvalue weighted by molar-refractivity contribution is 0.0292. The summed E-state index contributed by atoms with van der Waals surface area (Å²) < 4.78 is 5.58. The van der Waals surface area contributed by atoms with Crippen LogP contribution in [0.3, 0.4) is 0 Å². The third-order valence-corrected chi connectivity index (χ3v) is 7.05. The molecule has 0 radical (unpaired) electrons. The van der Waals surface area contributed by atoms with Crippen molar-refractivity contribution in [2.75, 3.05) is 38.6 Å². The number of hydrogen-bond acceptors (Lipinski definition) is 6. The lowest BCUT2D eigenvalue weighted by Crippen LogP contribution is -2.55. The van der Waals surface area contributed by atoms with Gasteiger partial charge in [0.15, 0.2) is 5.76 Å². The van der Waals surface area contributed by atoms with Crippen molar-refractivity contribution in [2.45, 2.75) is 38.3 Å². The first-order valence-electron chi connectivity index (χ1n) is 11.7. The highest BCUT2D eigenvalue weighted by Gasteiger charge is 2.41. The van der Waals surface area contributed by atoms with E-state index in [1.807, 2.05) is 19.1 Å². The summed E-state index contributed by atoms with van der Waals surface area (Å²) in [5.41, 5.74) is 4.65. The second-order valence-electron chi connectivity index (χ2n) is 9.43. The van der Waals surface area contributed by atoms with E-state index >= 15 is 0 Å². The van der Waals surface area contributed by atoms with E-state index in [1.165, 1.54) is 36.3 Å². The highest BCUT2D eigenvalue weighted by molar-refractivity contribution is 5.52. The second kappa shape index (κ2) is 9.04. The molecule has 1 unspecified atom stereocenters. The molecule has 0 saturated carbocycles. The Morgan fingerprint density at radius 3 is 2.69 bits per heavy atom. The van der Waals surface area contributed by atoms with Crippen molar-refractivity contribution in [1.29, 1.82) is 0 Å². The monoisotopic (exact) mass is 431 g/mol. The van der Waals surface area contributed by atoms with Crippen LogP contribution >= 0.6 is 0 Å². The maximum absolute atomic E-state index is 5.58. The minimum absolute atomic E-state index is 0.481. The summed E-state index contributed by atoms with van der Waals surface area (Å²) in [6.45, 7) is 6.22. The van der Waals surface area contributed by atoms with Crippen LogP contribution in [0.4, 0.5) is 5.69 Å². The average Bonchev–Trinajstić information content (AvgIpc) is 3.35. The number of aromatic nitrogens is 2. The van der Waals surface area contributed by atoms with Crippen LogP contribution in [0, 0.1) is 12.8 Å². The van der Waals surface area contributed by atoms with E-state index in [2.05, 4.69) is 64.5 Å². The largest absolute Gasteiger partial charge is 0.463 e. The molecule has 6 heteroatoms. The molecule has 1 aromatic carbocycles. The maximum Gasteiger partial charge on any atom is 0.152 e. The third kappa shape index (κ3) is 4.43. The fourth-order valence-electron chi connectivity index (χ4n) is 5.31. The SMILES string of the molecule is Cc1nc(-c2ccco2)cc([C@@H]2CN3CC[C@H]2C[C@@H]3CNCc2ccc(N(C)C)cc2)n1. The molecule has 1 N–H and O–H groups in total. The van der Waals surface area contributed by atoms with E-state index in [0.717, 1.165) is 36.9 Å². The molecule has 32 heavy (non-hydrogen) atoms. The maximum atomic E-state index is 5.58. The lowest BCUT2D eigenvalue weighted by atomic mass is 9.74. The fraction of sp³-hybridized carbons (Fsp3) is 0.462. The molecule has 6 nitrogen and oxygen atoms in total. The zero-order valence-corrected chi connectivity index (χ0v) is 19.3. The van der Waals surface area contributed by atoms with Crippen molar-refractivity contribution >= 4 is 5.69 Å². The standard InChI is InChI=1S/C26H33N5O/c1-18-28-24(14-25(29-18)26-5-4-12-32-26)23-17-31-11-10-20(23)13-22(31)16-27-15-19-6-8-21(9-7-19)30(2)3/h4-9,12,14,20,22-23,27H,10-11,13,15-17H2,1-3H3/t20-,22+,23+/m0/s1. The first kappa shape index (κ1) is 21.2. The van der Waals surface area contributed by atoms with Gasteiger partial charge in [0.2, 0.25) is 0 Å². The lowest BCUT2D eigenvalue weighted by Gasteiger charge is -2.50. The van der Waals surface area contributed by atoms with Crippen molar-refractivity contribution in [3.05, 3.63) is 65.8 Å². The van der Waals surface area contributed by atoms with Gasteiger partial charge in [0.25, 0.3) is 0 Å². The van der Waals surface area contributed by atoms with Gasteiger partial charge in [-0.1, -0.05) is 12.1 Å². The van der Waals surface area contributed by atoms with Gasteiger partial charge < -0.3 is 14.6 Å². The van der Waals surface area contributed by atoms with Crippen molar-refractivity contribution in [1.82, 2.24) is 20.2 Å². The Bertz CT molecular complexity index is 1030. The Balaban J connectivity index is 1.21. The molecule has 0 spiro atoms. The van der Waals surface area contributed by atoms with Crippen molar-refractivity contribution in [3.63, 3.8) is 0 Å². The van der Waals surface area contributed by atoms with E-state index in [0.29, 0.717) is 17.9 Å². The molecule has 5 heterocycles. The predicted molar refractivity (Wildman–Crippen MR) is 128 cm³/mol. The number of fused-ring (bicyclic) bond motifs is 3. The average molecular weight is 432 g/mol. The fourth-order valence-corrected chi connectivity index (χ4v) is 5.31. The van der Waals surface area contributed by atoms with Crippen LogP contribution in [0.1, 0.15) is 35.8 Å². The summed E-state index contributed by atoms with van der Waals surface area (Å²) in [4.78, 5) is 14.2. The van der Waals surface area contributed by atoms with Gasteiger partial charge in [-0.2, -0.15) is 0 Å². The van der Waals surface area contributed by atoms with Gasteiger partial charge in [-0.25, -0.2) is 9.97 Å². The number of anilines is 1. The highest BCUT2D eigenvalue weighted by Crippen LogP contribution is 2.41. The molecule has 3 fully saturated rings. The Labute approximate surface area is 190 Å².